The van der Waals surface area contributed by atoms with E-state index in [9.17, 15) is 14.7 Å². The van der Waals surface area contributed by atoms with Crippen molar-refractivity contribution in [3.05, 3.63) is 34.9 Å². The molecule has 22 heavy (non-hydrogen) atoms. The number of primary amides is 1. The molecule has 122 valence electrons. The Morgan fingerprint density at radius 3 is 2.36 bits per heavy atom. The second-order valence-electron chi connectivity index (χ2n) is 6.23. The lowest BCUT2D eigenvalue weighted by Crippen LogP contribution is -2.49. The van der Waals surface area contributed by atoms with Crippen molar-refractivity contribution in [1.29, 1.82) is 0 Å². The van der Waals surface area contributed by atoms with E-state index in [1.807, 2.05) is 45.9 Å². The Bertz CT molecular complexity index is 541. The van der Waals surface area contributed by atoms with Gasteiger partial charge in [-0.15, -0.1) is 0 Å². The summed E-state index contributed by atoms with van der Waals surface area (Å²) in [5.41, 5.74) is 8.57. The molecule has 0 saturated heterocycles. The standard InChI is InChI=1S/C17H26N2O3/c1-10(2)7-15(20)17(22)19-14(16(18)21)9-13-6-5-11(3)12(4)8-13/h5-6,8,10,14-15,20H,7,9H2,1-4H3,(H2,18,21)(H,19,22)/t14-,15+/m0/s1. The summed E-state index contributed by atoms with van der Waals surface area (Å²) < 4.78 is 0. The minimum Gasteiger partial charge on any atom is -0.383 e. The van der Waals surface area contributed by atoms with Crippen LogP contribution in [0.3, 0.4) is 0 Å². The van der Waals surface area contributed by atoms with Crippen molar-refractivity contribution in [2.24, 2.45) is 11.7 Å². The van der Waals surface area contributed by atoms with Gasteiger partial charge in [0.25, 0.3) is 0 Å². The monoisotopic (exact) mass is 306 g/mol. The fourth-order valence-electron chi connectivity index (χ4n) is 2.21. The Morgan fingerprint density at radius 2 is 1.86 bits per heavy atom. The van der Waals surface area contributed by atoms with Crippen LogP contribution in [0.15, 0.2) is 18.2 Å². The average molecular weight is 306 g/mol. The Balaban J connectivity index is 2.75. The third-order valence-corrected chi connectivity index (χ3v) is 3.67. The SMILES string of the molecule is Cc1ccc(C[C@H](NC(=O)[C@H](O)CC(C)C)C(N)=O)cc1C. The van der Waals surface area contributed by atoms with Gasteiger partial charge in [-0.1, -0.05) is 32.0 Å². The Morgan fingerprint density at radius 1 is 1.23 bits per heavy atom. The first-order valence-electron chi connectivity index (χ1n) is 7.54. The number of nitrogens with one attached hydrogen (secondary N) is 1. The zero-order valence-corrected chi connectivity index (χ0v) is 13.7. The molecule has 0 fully saturated rings. The minimum atomic E-state index is -1.12. The molecule has 0 saturated carbocycles. The highest BCUT2D eigenvalue weighted by atomic mass is 16.3. The molecule has 0 aliphatic rings. The smallest absolute Gasteiger partial charge is 0.249 e. The summed E-state index contributed by atoms with van der Waals surface area (Å²) in [5.74, 6) is -0.975. The van der Waals surface area contributed by atoms with Crippen LogP contribution in [0.25, 0.3) is 0 Å². The maximum Gasteiger partial charge on any atom is 0.249 e. The summed E-state index contributed by atoms with van der Waals surface area (Å²) in [6.07, 6.45) is -0.459. The number of benzene rings is 1. The number of carbonyl (C=O) groups excluding carboxylic acids is 2. The van der Waals surface area contributed by atoms with Crippen molar-refractivity contribution in [2.45, 2.75) is 52.7 Å². The number of aryl methyl sites for hydroxylation is 2. The van der Waals surface area contributed by atoms with Crippen LogP contribution in [-0.2, 0) is 16.0 Å². The molecule has 1 rings (SSSR count). The van der Waals surface area contributed by atoms with Crippen molar-refractivity contribution in [3.63, 3.8) is 0 Å². The van der Waals surface area contributed by atoms with Crippen LogP contribution < -0.4 is 11.1 Å². The molecule has 0 bridgehead atoms. The number of hydrogen-bond acceptors (Lipinski definition) is 3. The maximum atomic E-state index is 11.9. The summed E-state index contributed by atoms with van der Waals surface area (Å²) in [5, 5.41) is 12.3. The second kappa shape index (κ2) is 7.94. The molecule has 5 heteroatoms. The summed E-state index contributed by atoms with van der Waals surface area (Å²) in [4.78, 5) is 23.5. The molecular formula is C17H26N2O3. The van der Waals surface area contributed by atoms with Crippen molar-refractivity contribution in [2.75, 3.05) is 0 Å². The Labute approximate surface area is 131 Å². The van der Waals surface area contributed by atoms with Gasteiger partial charge in [-0.25, -0.2) is 0 Å². The topological polar surface area (TPSA) is 92.4 Å². The molecule has 1 aromatic carbocycles. The lowest BCUT2D eigenvalue weighted by molar-refractivity contribution is -0.133. The van der Waals surface area contributed by atoms with Gasteiger partial charge in [0.1, 0.15) is 12.1 Å². The van der Waals surface area contributed by atoms with Gasteiger partial charge < -0.3 is 16.2 Å². The summed E-state index contributed by atoms with van der Waals surface area (Å²) in [6, 6.07) is 5.03. The van der Waals surface area contributed by atoms with Gasteiger partial charge in [-0.3, -0.25) is 9.59 Å². The first kappa shape index (κ1) is 18.2. The summed E-state index contributed by atoms with van der Waals surface area (Å²) >= 11 is 0. The van der Waals surface area contributed by atoms with Gasteiger partial charge in [0.2, 0.25) is 11.8 Å². The summed E-state index contributed by atoms with van der Waals surface area (Å²) in [6.45, 7) is 7.83. The van der Waals surface area contributed by atoms with Gasteiger partial charge >= 0.3 is 0 Å². The van der Waals surface area contributed by atoms with Gasteiger partial charge in [-0.2, -0.15) is 0 Å². The maximum absolute atomic E-state index is 11.9. The zero-order chi connectivity index (χ0) is 16.9. The normalized spacial score (nSPS) is 13.7. The third-order valence-electron chi connectivity index (χ3n) is 3.67. The van der Waals surface area contributed by atoms with E-state index in [0.29, 0.717) is 12.8 Å². The largest absolute Gasteiger partial charge is 0.383 e. The van der Waals surface area contributed by atoms with Crippen LogP contribution in [0.1, 0.15) is 37.0 Å². The van der Waals surface area contributed by atoms with E-state index in [0.717, 1.165) is 16.7 Å². The number of amides is 2. The van der Waals surface area contributed by atoms with Gasteiger partial charge in [0, 0.05) is 6.42 Å². The first-order valence-corrected chi connectivity index (χ1v) is 7.54. The highest BCUT2D eigenvalue weighted by Gasteiger charge is 2.23. The van der Waals surface area contributed by atoms with Crippen LogP contribution >= 0.6 is 0 Å². The molecule has 0 spiro atoms. The molecule has 5 nitrogen and oxygen atoms in total. The Hall–Kier alpha value is -1.88. The first-order chi connectivity index (χ1) is 10.2. The fourth-order valence-corrected chi connectivity index (χ4v) is 2.21. The van der Waals surface area contributed by atoms with Crippen LogP contribution in [-0.4, -0.2) is 29.1 Å². The molecule has 0 aliphatic carbocycles. The average Bonchev–Trinajstić information content (AvgIpc) is 2.41. The Kier molecular flexibility index (Phi) is 6.56. The van der Waals surface area contributed by atoms with Crippen molar-refractivity contribution in [3.8, 4) is 0 Å². The van der Waals surface area contributed by atoms with E-state index >= 15 is 0 Å². The van der Waals surface area contributed by atoms with Crippen molar-refractivity contribution < 1.29 is 14.7 Å². The lowest BCUT2D eigenvalue weighted by Gasteiger charge is -2.19. The zero-order valence-electron chi connectivity index (χ0n) is 13.7. The molecule has 0 heterocycles. The van der Waals surface area contributed by atoms with E-state index < -0.39 is 24.0 Å². The fraction of sp³-hybridized carbons (Fsp3) is 0.529. The minimum absolute atomic E-state index is 0.188. The number of rotatable bonds is 7. The molecule has 0 aliphatic heterocycles. The molecular weight excluding hydrogens is 280 g/mol. The van der Waals surface area contributed by atoms with Gasteiger partial charge in [0.05, 0.1) is 0 Å². The van der Waals surface area contributed by atoms with Crippen molar-refractivity contribution in [1.82, 2.24) is 5.32 Å². The predicted octanol–water partition coefficient (Wildman–Crippen LogP) is 1.22. The predicted molar refractivity (Wildman–Crippen MR) is 86.2 cm³/mol. The second-order valence-corrected chi connectivity index (χ2v) is 6.23. The van der Waals surface area contributed by atoms with Gasteiger partial charge in [0.15, 0.2) is 0 Å². The van der Waals surface area contributed by atoms with Crippen molar-refractivity contribution >= 4 is 11.8 Å². The highest BCUT2D eigenvalue weighted by molar-refractivity contribution is 5.88. The van der Waals surface area contributed by atoms with Crippen LogP contribution in [0.5, 0.6) is 0 Å². The molecule has 2 amide bonds. The molecule has 2 atom stereocenters. The van der Waals surface area contributed by atoms with E-state index in [1.165, 1.54) is 0 Å². The van der Waals surface area contributed by atoms with Crippen LogP contribution in [0.2, 0.25) is 0 Å². The van der Waals surface area contributed by atoms with Crippen LogP contribution in [0, 0.1) is 19.8 Å². The number of hydrogen-bond donors (Lipinski definition) is 3. The van der Waals surface area contributed by atoms with E-state index in [-0.39, 0.29) is 5.92 Å². The van der Waals surface area contributed by atoms with E-state index in [1.54, 1.807) is 0 Å². The number of nitrogens with two attached hydrogens (primary N) is 1. The van der Waals surface area contributed by atoms with Crippen LogP contribution in [0.4, 0.5) is 0 Å². The molecule has 0 unspecified atom stereocenters. The number of carbonyl (C=O) groups is 2. The number of aliphatic hydroxyl groups is 1. The lowest BCUT2D eigenvalue weighted by atomic mass is 10.00. The van der Waals surface area contributed by atoms with E-state index in [4.69, 9.17) is 5.73 Å². The molecule has 4 N–H and O–H groups in total. The molecule has 0 aromatic heterocycles. The highest BCUT2D eigenvalue weighted by Crippen LogP contribution is 2.12. The summed E-state index contributed by atoms with van der Waals surface area (Å²) in [7, 11) is 0. The molecule has 1 aromatic rings. The quantitative estimate of drug-likeness (QED) is 0.707. The third kappa shape index (κ3) is 5.48. The van der Waals surface area contributed by atoms with Gasteiger partial charge in [-0.05, 0) is 42.9 Å². The molecule has 0 radical (unpaired) electrons. The number of aliphatic hydroxyl groups excluding tert-OH is 1. The van der Waals surface area contributed by atoms with E-state index in [2.05, 4.69) is 5.32 Å².